The van der Waals surface area contributed by atoms with Crippen molar-refractivity contribution in [1.29, 1.82) is 0 Å². The molecule has 26 heavy (non-hydrogen) atoms. The standard InChI is InChI=1S/C20H20FN3O2/c1-3-18-17(13-23-24(18)16-10-8-15(21)9-11-16)20(25)22-12-14-6-4-5-7-19(14)26-2/h4-11,13H,3,12H2,1-2H3,(H,22,25). The van der Waals surface area contributed by atoms with E-state index < -0.39 is 0 Å². The SMILES string of the molecule is CCc1c(C(=O)NCc2ccccc2OC)cnn1-c1ccc(F)cc1. The van der Waals surface area contributed by atoms with E-state index >= 15 is 0 Å². The van der Waals surface area contributed by atoms with Crippen LogP contribution in [0.15, 0.2) is 54.7 Å². The molecule has 0 aliphatic heterocycles. The first-order valence-electron chi connectivity index (χ1n) is 8.37. The summed E-state index contributed by atoms with van der Waals surface area (Å²) in [5, 5.41) is 7.21. The molecule has 0 aliphatic rings. The molecule has 0 aliphatic carbocycles. The number of benzene rings is 2. The number of amides is 1. The van der Waals surface area contributed by atoms with Gasteiger partial charge in [0.2, 0.25) is 0 Å². The molecule has 2 aromatic carbocycles. The van der Waals surface area contributed by atoms with E-state index in [4.69, 9.17) is 4.74 Å². The lowest BCUT2D eigenvalue weighted by molar-refractivity contribution is 0.0949. The van der Waals surface area contributed by atoms with E-state index in [1.807, 2.05) is 31.2 Å². The van der Waals surface area contributed by atoms with E-state index in [1.165, 1.54) is 12.1 Å². The number of halogens is 1. The molecule has 3 rings (SSSR count). The first-order chi connectivity index (χ1) is 12.6. The number of ether oxygens (including phenoxy) is 1. The summed E-state index contributed by atoms with van der Waals surface area (Å²) in [6.45, 7) is 2.31. The summed E-state index contributed by atoms with van der Waals surface area (Å²) in [4.78, 5) is 12.6. The third kappa shape index (κ3) is 3.59. The van der Waals surface area contributed by atoms with E-state index in [1.54, 1.807) is 30.1 Å². The number of carbonyl (C=O) groups excluding carboxylic acids is 1. The van der Waals surface area contributed by atoms with Gasteiger partial charge in [-0.05, 0) is 36.8 Å². The van der Waals surface area contributed by atoms with Crippen molar-refractivity contribution in [2.75, 3.05) is 7.11 Å². The highest BCUT2D eigenvalue weighted by Gasteiger charge is 2.17. The van der Waals surface area contributed by atoms with Crippen molar-refractivity contribution in [2.45, 2.75) is 19.9 Å². The third-order valence-electron chi connectivity index (χ3n) is 4.15. The van der Waals surface area contributed by atoms with Crippen LogP contribution in [0, 0.1) is 5.82 Å². The van der Waals surface area contributed by atoms with Crippen molar-refractivity contribution in [1.82, 2.24) is 15.1 Å². The summed E-state index contributed by atoms with van der Waals surface area (Å²) in [6, 6.07) is 13.6. The second-order valence-corrected chi connectivity index (χ2v) is 5.74. The zero-order valence-electron chi connectivity index (χ0n) is 14.7. The maximum absolute atomic E-state index is 13.1. The summed E-state index contributed by atoms with van der Waals surface area (Å²) >= 11 is 0. The minimum Gasteiger partial charge on any atom is -0.496 e. The second-order valence-electron chi connectivity index (χ2n) is 5.74. The average molecular weight is 353 g/mol. The number of hydrogen-bond acceptors (Lipinski definition) is 3. The van der Waals surface area contributed by atoms with Crippen LogP contribution in [0.5, 0.6) is 5.75 Å². The number of methoxy groups -OCH3 is 1. The Bertz CT molecular complexity index is 904. The predicted molar refractivity (Wildman–Crippen MR) is 97.1 cm³/mol. The first kappa shape index (κ1) is 17.7. The van der Waals surface area contributed by atoms with Crippen LogP contribution >= 0.6 is 0 Å². The van der Waals surface area contributed by atoms with Crippen LogP contribution in [-0.4, -0.2) is 22.8 Å². The molecular formula is C20H20FN3O2. The van der Waals surface area contributed by atoms with Gasteiger partial charge < -0.3 is 10.1 Å². The molecule has 5 nitrogen and oxygen atoms in total. The van der Waals surface area contributed by atoms with E-state index in [0.29, 0.717) is 24.2 Å². The fourth-order valence-electron chi connectivity index (χ4n) is 2.83. The molecule has 0 saturated carbocycles. The normalized spacial score (nSPS) is 10.6. The van der Waals surface area contributed by atoms with Gasteiger partial charge in [-0.15, -0.1) is 0 Å². The molecule has 134 valence electrons. The maximum Gasteiger partial charge on any atom is 0.255 e. The van der Waals surface area contributed by atoms with E-state index in [9.17, 15) is 9.18 Å². The number of para-hydroxylation sites is 1. The molecule has 1 aromatic heterocycles. The van der Waals surface area contributed by atoms with Crippen LogP contribution in [0.4, 0.5) is 4.39 Å². The third-order valence-corrected chi connectivity index (χ3v) is 4.15. The van der Waals surface area contributed by atoms with Crippen molar-refractivity contribution >= 4 is 5.91 Å². The first-order valence-corrected chi connectivity index (χ1v) is 8.37. The topological polar surface area (TPSA) is 56.1 Å². The number of nitrogens with zero attached hydrogens (tertiary/aromatic N) is 2. The number of rotatable bonds is 6. The lowest BCUT2D eigenvalue weighted by atomic mass is 10.1. The number of hydrogen-bond donors (Lipinski definition) is 1. The quantitative estimate of drug-likeness (QED) is 0.738. The monoisotopic (exact) mass is 353 g/mol. The van der Waals surface area contributed by atoms with E-state index in [2.05, 4.69) is 10.4 Å². The van der Waals surface area contributed by atoms with E-state index in [-0.39, 0.29) is 11.7 Å². The predicted octanol–water partition coefficient (Wildman–Crippen LogP) is 3.51. The molecule has 6 heteroatoms. The molecule has 1 N–H and O–H groups in total. The Labute approximate surface area is 151 Å². The van der Waals surface area contributed by atoms with Crippen molar-refractivity contribution in [3.63, 3.8) is 0 Å². The Hall–Kier alpha value is -3.15. The van der Waals surface area contributed by atoms with Crippen molar-refractivity contribution < 1.29 is 13.9 Å². The van der Waals surface area contributed by atoms with Gasteiger partial charge in [-0.2, -0.15) is 5.10 Å². The zero-order chi connectivity index (χ0) is 18.5. The van der Waals surface area contributed by atoms with Crippen LogP contribution < -0.4 is 10.1 Å². The van der Waals surface area contributed by atoms with Gasteiger partial charge >= 0.3 is 0 Å². The summed E-state index contributed by atoms with van der Waals surface area (Å²) < 4.78 is 20.1. The molecular weight excluding hydrogens is 333 g/mol. The van der Waals surface area contributed by atoms with Crippen LogP contribution in [0.1, 0.15) is 28.5 Å². The van der Waals surface area contributed by atoms with Gasteiger partial charge in [-0.25, -0.2) is 9.07 Å². The van der Waals surface area contributed by atoms with Crippen LogP contribution in [-0.2, 0) is 13.0 Å². The smallest absolute Gasteiger partial charge is 0.255 e. The van der Waals surface area contributed by atoms with Crippen molar-refractivity contribution in [2.24, 2.45) is 0 Å². The fourth-order valence-corrected chi connectivity index (χ4v) is 2.83. The lowest BCUT2D eigenvalue weighted by Gasteiger charge is -2.10. The molecule has 3 aromatic rings. The highest BCUT2D eigenvalue weighted by molar-refractivity contribution is 5.95. The molecule has 0 atom stereocenters. The summed E-state index contributed by atoms with van der Waals surface area (Å²) in [5.74, 6) is 0.209. The van der Waals surface area contributed by atoms with Crippen LogP contribution in [0.25, 0.3) is 5.69 Å². The average Bonchev–Trinajstić information content (AvgIpc) is 3.11. The van der Waals surface area contributed by atoms with E-state index in [0.717, 1.165) is 17.0 Å². The van der Waals surface area contributed by atoms with Crippen LogP contribution in [0.2, 0.25) is 0 Å². The van der Waals surface area contributed by atoms with Crippen molar-refractivity contribution in [3.05, 3.63) is 77.4 Å². The Balaban J connectivity index is 1.80. The Morgan fingerprint density at radius 3 is 2.62 bits per heavy atom. The van der Waals surface area contributed by atoms with Gasteiger partial charge in [0.05, 0.1) is 30.3 Å². The molecule has 0 spiro atoms. The minimum atomic E-state index is -0.311. The van der Waals surface area contributed by atoms with Gasteiger partial charge in [0.25, 0.3) is 5.91 Å². The largest absolute Gasteiger partial charge is 0.496 e. The van der Waals surface area contributed by atoms with Crippen molar-refractivity contribution in [3.8, 4) is 11.4 Å². The number of carbonyl (C=O) groups is 1. The number of nitrogens with one attached hydrogen (secondary N) is 1. The maximum atomic E-state index is 13.1. The summed E-state index contributed by atoms with van der Waals surface area (Å²) in [6.07, 6.45) is 2.16. The van der Waals surface area contributed by atoms with Gasteiger partial charge in [0, 0.05) is 12.1 Å². The van der Waals surface area contributed by atoms with Gasteiger partial charge in [-0.3, -0.25) is 4.79 Å². The molecule has 0 saturated heterocycles. The fraction of sp³-hybridized carbons (Fsp3) is 0.200. The van der Waals surface area contributed by atoms with Gasteiger partial charge in [-0.1, -0.05) is 25.1 Å². The minimum absolute atomic E-state index is 0.207. The van der Waals surface area contributed by atoms with Crippen LogP contribution in [0.3, 0.4) is 0 Å². The second kappa shape index (κ2) is 7.82. The molecule has 0 bridgehead atoms. The molecule has 0 unspecified atom stereocenters. The molecule has 0 radical (unpaired) electrons. The Morgan fingerprint density at radius 2 is 1.92 bits per heavy atom. The Kier molecular flexibility index (Phi) is 5.31. The summed E-state index contributed by atoms with van der Waals surface area (Å²) in [5.41, 5.74) is 2.89. The molecule has 0 fully saturated rings. The van der Waals surface area contributed by atoms with Gasteiger partial charge in [0.15, 0.2) is 0 Å². The lowest BCUT2D eigenvalue weighted by Crippen LogP contribution is -2.24. The molecule has 1 amide bonds. The van der Waals surface area contributed by atoms with Gasteiger partial charge in [0.1, 0.15) is 11.6 Å². The highest BCUT2D eigenvalue weighted by Crippen LogP contribution is 2.19. The zero-order valence-corrected chi connectivity index (χ0v) is 14.7. The Morgan fingerprint density at radius 1 is 1.19 bits per heavy atom. The number of aromatic nitrogens is 2. The highest BCUT2D eigenvalue weighted by atomic mass is 19.1. The molecule has 1 heterocycles. The summed E-state index contributed by atoms with van der Waals surface area (Å²) in [7, 11) is 1.60.